The molecule has 17 heavy (non-hydrogen) atoms. The zero-order valence-corrected chi connectivity index (χ0v) is 11.1. The molecule has 1 saturated carbocycles. The fourth-order valence-corrected chi connectivity index (χ4v) is 2.06. The number of benzene rings is 1. The van der Waals surface area contributed by atoms with Gasteiger partial charge in [0.2, 0.25) is 0 Å². The number of rotatable bonds is 3. The molecule has 0 atom stereocenters. The van der Waals surface area contributed by atoms with Crippen molar-refractivity contribution in [3.8, 4) is 0 Å². The zero-order chi connectivity index (χ0) is 12.7. The largest absolute Gasteiger partial charge is 0.406 e. The van der Waals surface area contributed by atoms with Gasteiger partial charge in [-0.2, -0.15) is 13.2 Å². The Balaban J connectivity index is 2.01. The Labute approximate surface area is 110 Å². The summed E-state index contributed by atoms with van der Waals surface area (Å²) in [7, 11) is 0. The van der Waals surface area contributed by atoms with Crippen molar-refractivity contribution in [2.45, 2.75) is 31.1 Å². The molecule has 6 heteroatoms. The number of hydrogen-bond acceptors (Lipinski definition) is 1. The molecule has 1 aliphatic rings. The summed E-state index contributed by atoms with van der Waals surface area (Å²) in [6.07, 6.45) is -3.87. The highest BCUT2D eigenvalue weighted by Gasteiger charge is 2.62. The summed E-state index contributed by atoms with van der Waals surface area (Å²) in [5, 5.41) is 3.08. The first kappa shape index (κ1) is 13.2. The van der Waals surface area contributed by atoms with E-state index in [0.717, 1.165) is 10.0 Å². The highest BCUT2D eigenvalue weighted by atomic mass is 79.9. The van der Waals surface area contributed by atoms with Gasteiger partial charge in [-0.25, -0.2) is 0 Å². The molecule has 0 amide bonds. The van der Waals surface area contributed by atoms with E-state index in [-0.39, 0.29) is 19.4 Å². The van der Waals surface area contributed by atoms with Crippen LogP contribution in [0.2, 0.25) is 5.02 Å². The van der Waals surface area contributed by atoms with E-state index in [0.29, 0.717) is 5.02 Å². The Kier molecular flexibility index (Phi) is 3.45. The quantitative estimate of drug-likeness (QED) is 0.873. The summed E-state index contributed by atoms with van der Waals surface area (Å²) in [5.41, 5.74) is -0.930. The van der Waals surface area contributed by atoms with Crippen molar-refractivity contribution in [1.82, 2.24) is 5.32 Å². The van der Waals surface area contributed by atoms with Gasteiger partial charge in [0.1, 0.15) is 5.54 Å². The number of halogens is 5. The Morgan fingerprint density at radius 1 is 1.35 bits per heavy atom. The third kappa shape index (κ3) is 2.77. The van der Waals surface area contributed by atoms with Gasteiger partial charge in [-0.1, -0.05) is 17.7 Å². The molecule has 0 aliphatic heterocycles. The first-order valence-electron chi connectivity index (χ1n) is 5.10. The predicted octanol–water partition coefficient (Wildman–Crippen LogP) is 4.29. The van der Waals surface area contributed by atoms with E-state index in [1.54, 1.807) is 18.2 Å². The van der Waals surface area contributed by atoms with E-state index in [1.165, 1.54) is 0 Å². The van der Waals surface area contributed by atoms with Crippen LogP contribution in [0.15, 0.2) is 22.7 Å². The Morgan fingerprint density at radius 3 is 2.47 bits per heavy atom. The molecule has 0 unspecified atom stereocenters. The first-order valence-corrected chi connectivity index (χ1v) is 6.27. The zero-order valence-electron chi connectivity index (χ0n) is 8.74. The summed E-state index contributed by atoms with van der Waals surface area (Å²) in [4.78, 5) is 0. The average Bonchev–Trinajstić information content (AvgIpc) is 3.00. The minimum Gasteiger partial charge on any atom is -0.299 e. The molecule has 0 bridgehead atoms. The molecule has 2 rings (SSSR count). The lowest BCUT2D eigenvalue weighted by Crippen LogP contribution is -2.44. The third-order valence-corrected chi connectivity index (χ3v) is 4.14. The monoisotopic (exact) mass is 327 g/mol. The highest BCUT2D eigenvalue weighted by molar-refractivity contribution is 9.10. The summed E-state index contributed by atoms with van der Waals surface area (Å²) in [6, 6.07) is 5.13. The lowest BCUT2D eigenvalue weighted by atomic mass is 10.2. The normalized spacial score (nSPS) is 18.2. The highest BCUT2D eigenvalue weighted by Crippen LogP contribution is 2.49. The van der Waals surface area contributed by atoms with Crippen LogP contribution in [0, 0.1) is 0 Å². The van der Waals surface area contributed by atoms with Crippen LogP contribution in [0.3, 0.4) is 0 Å². The molecule has 1 fully saturated rings. The van der Waals surface area contributed by atoms with E-state index in [4.69, 9.17) is 11.6 Å². The van der Waals surface area contributed by atoms with Crippen LogP contribution in [-0.4, -0.2) is 11.7 Å². The molecule has 1 aromatic rings. The molecule has 0 aromatic heterocycles. The van der Waals surface area contributed by atoms with E-state index in [1.807, 2.05) is 0 Å². The van der Waals surface area contributed by atoms with Gasteiger partial charge < -0.3 is 0 Å². The van der Waals surface area contributed by atoms with E-state index in [2.05, 4.69) is 21.2 Å². The fraction of sp³-hybridized carbons (Fsp3) is 0.455. The Hall–Kier alpha value is -0.260. The maximum atomic E-state index is 12.6. The standard InChI is InChI=1S/C11H10BrClF3N/c12-8-2-1-7(5-9(8)13)6-17-10(3-4-10)11(14,15)16/h1-2,5,17H,3-4,6H2. The third-order valence-electron chi connectivity index (χ3n) is 2.91. The second-order valence-corrected chi connectivity index (χ2v) is 5.44. The molecule has 1 aromatic carbocycles. The van der Waals surface area contributed by atoms with Crippen LogP contribution in [0.5, 0.6) is 0 Å². The van der Waals surface area contributed by atoms with Gasteiger partial charge in [0.25, 0.3) is 0 Å². The minimum absolute atomic E-state index is 0.154. The fourth-order valence-electron chi connectivity index (χ4n) is 1.61. The molecular formula is C11H10BrClF3N. The SMILES string of the molecule is FC(F)(F)C1(NCc2ccc(Br)c(Cl)c2)CC1. The molecule has 1 N–H and O–H groups in total. The number of nitrogens with one attached hydrogen (secondary N) is 1. The minimum atomic E-state index is -4.17. The maximum Gasteiger partial charge on any atom is 0.406 e. The van der Waals surface area contributed by atoms with Crippen LogP contribution >= 0.6 is 27.5 Å². The van der Waals surface area contributed by atoms with Crippen molar-refractivity contribution in [1.29, 1.82) is 0 Å². The van der Waals surface area contributed by atoms with Crippen LogP contribution in [0.4, 0.5) is 13.2 Å². The summed E-state index contributed by atoms with van der Waals surface area (Å²) in [5.74, 6) is 0. The van der Waals surface area contributed by atoms with Gasteiger partial charge in [-0.05, 0) is 46.5 Å². The van der Waals surface area contributed by atoms with Crippen molar-refractivity contribution in [3.05, 3.63) is 33.3 Å². The summed E-state index contributed by atoms with van der Waals surface area (Å²) >= 11 is 9.10. The first-order chi connectivity index (χ1) is 7.84. The summed E-state index contributed by atoms with van der Waals surface area (Å²) in [6.45, 7) is 0.173. The summed E-state index contributed by atoms with van der Waals surface area (Å²) < 4.78 is 38.7. The average molecular weight is 329 g/mol. The van der Waals surface area contributed by atoms with Crippen molar-refractivity contribution < 1.29 is 13.2 Å². The predicted molar refractivity (Wildman–Crippen MR) is 64.0 cm³/mol. The van der Waals surface area contributed by atoms with Crippen molar-refractivity contribution in [2.24, 2.45) is 0 Å². The van der Waals surface area contributed by atoms with Gasteiger partial charge in [0.15, 0.2) is 0 Å². The molecule has 1 aliphatic carbocycles. The Bertz CT molecular complexity index is 429. The van der Waals surface area contributed by atoms with Gasteiger partial charge in [-0.3, -0.25) is 5.32 Å². The van der Waals surface area contributed by atoms with E-state index >= 15 is 0 Å². The molecular weight excluding hydrogens is 318 g/mol. The van der Waals surface area contributed by atoms with E-state index < -0.39 is 11.7 Å². The molecule has 0 saturated heterocycles. The molecule has 94 valence electrons. The van der Waals surface area contributed by atoms with Gasteiger partial charge in [0.05, 0.1) is 5.02 Å². The van der Waals surface area contributed by atoms with Gasteiger partial charge in [0, 0.05) is 11.0 Å². The van der Waals surface area contributed by atoms with Gasteiger partial charge in [-0.15, -0.1) is 0 Å². The van der Waals surface area contributed by atoms with Crippen molar-refractivity contribution in [3.63, 3.8) is 0 Å². The second kappa shape index (κ2) is 4.44. The van der Waals surface area contributed by atoms with Crippen LogP contribution in [0.1, 0.15) is 18.4 Å². The second-order valence-electron chi connectivity index (χ2n) is 4.18. The topological polar surface area (TPSA) is 12.0 Å². The van der Waals surface area contributed by atoms with Crippen LogP contribution in [-0.2, 0) is 6.54 Å². The molecule has 1 nitrogen and oxygen atoms in total. The lowest BCUT2D eigenvalue weighted by molar-refractivity contribution is -0.166. The van der Waals surface area contributed by atoms with Crippen LogP contribution in [0.25, 0.3) is 0 Å². The van der Waals surface area contributed by atoms with Crippen molar-refractivity contribution >= 4 is 27.5 Å². The number of alkyl halides is 3. The Morgan fingerprint density at radius 2 is 2.00 bits per heavy atom. The maximum absolute atomic E-state index is 12.6. The lowest BCUT2D eigenvalue weighted by Gasteiger charge is -2.20. The smallest absolute Gasteiger partial charge is 0.299 e. The number of hydrogen-bond donors (Lipinski definition) is 1. The van der Waals surface area contributed by atoms with E-state index in [9.17, 15) is 13.2 Å². The van der Waals surface area contributed by atoms with Gasteiger partial charge >= 0.3 is 6.18 Å². The molecule has 0 radical (unpaired) electrons. The van der Waals surface area contributed by atoms with Crippen LogP contribution < -0.4 is 5.32 Å². The molecule has 0 heterocycles. The van der Waals surface area contributed by atoms with Crippen molar-refractivity contribution in [2.75, 3.05) is 0 Å². The molecule has 0 spiro atoms.